The van der Waals surface area contributed by atoms with Crippen LogP contribution in [0.25, 0.3) is 0 Å². The monoisotopic (exact) mass is 310 g/mol. The standard InChI is InChI=1S/C16H26N2O4/c17-15(6-12-4-2-1-3-5-12)16(21)9-18-7-13(10-19)22-14(8-18)11-20/h1-5,13-16,19-21H,6-11,17H2/t13-,14+,15-,16-/m0/s1. The Morgan fingerprint density at radius 1 is 1.14 bits per heavy atom. The smallest absolute Gasteiger partial charge is 0.0937 e. The number of nitrogens with two attached hydrogens (primary N) is 1. The number of ether oxygens (including phenoxy) is 1. The zero-order valence-corrected chi connectivity index (χ0v) is 12.7. The molecule has 1 aromatic rings. The van der Waals surface area contributed by atoms with Gasteiger partial charge in [0.25, 0.3) is 0 Å². The number of aliphatic hydroxyl groups is 3. The van der Waals surface area contributed by atoms with E-state index in [-0.39, 0.29) is 31.5 Å². The third-order valence-corrected chi connectivity index (χ3v) is 3.97. The summed E-state index contributed by atoms with van der Waals surface area (Å²) in [6.45, 7) is 1.27. The van der Waals surface area contributed by atoms with E-state index in [0.29, 0.717) is 26.1 Å². The van der Waals surface area contributed by atoms with Crippen molar-refractivity contribution in [2.45, 2.75) is 30.8 Å². The molecule has 0 amide bonds. The molecule has 0 unspecified atom stereocenters. The Morgan fingerprint density at radius 2 is 1.73 bits per heavy atom. The second-order valence-electron chi connectivity index (χ2n) is 5.88. The van der Waals surface area contributed by atoms with Crippen molar-refractivity contribution in [1.29, 1.82) is 0 Å². The van der Waals surface area contributed by atoms with Gasteiger partial charge in [0, 0.05) is 25.7 Å². The van der Waals surface area contributed by atoms with Crippen LogP contribution in [-0.2, 0) is 11.2 Å². The van der Waals surface area contributed by atoms with Gasteiger partial charge in [-0.3, -0.25) is 4.90 Å². The molecule has 2 rings (SSSR count). The topological polar surface area (TPSA) is 99.2 Å². The summed E-state index contributed by atoms with van der Waals surface area (Å²) in [5.74, 6) is 0. The van der Waals surface area contributed by atoms with Gasteiger partial charge in [-0.1, -0.05) is 30.3 Å². The molecule has 6 nitrogen and oxygen atoms in total. The Balaban J connectivity index is 1.85. The summed E-state index contributed by atoms with van der Waals surface area (Å²) in [7, 11) is 0. The molecular formula is C16H26N2O4. The predicted octanol–water partition coefficient (Wildman–Crippen LogP) is -1.03. The van der Waals surface area contributed by atoms with E-state index < -0.39 is 6.10 Å². The van der Waals surface area contributed by atoms with Gasteiger partial charge in [0.15, 0.2) is 0 Å². The Hall–Kier alpha value is -1.02. The van der Waals surface area contributed by atoms with Crippen molar-refractivity contribution in [3.05, 3.63) is 35.9 Å². The van der Waals surface area contributed by atoms with Gasteiger partial charge in [0.2, 0.25) is 0 Å². The van der Waals surface area contributed by atoms with E-state index in [1.54, 1.807) is 0 Å². The van der Waals surface area contributed by atoms with Gasteiger partial charge >= 0.3 is 0 Å². The van der Waals surface area contributed by atoms with Gasteiger partial charge < -0.3 is 25.8 Å². The van der Waals surface area contributed by atoms with E-state index in [4.69, 9.17) is 10.5 Å². The first-order chi connectivity index (χ1) is 10.6. The van der Waals surface area contributed by atoms with E-state index in [1.807, 2.05) is 35.2 Å². The first-order valence-corrected chi connectivity index (χ1v) is 7.69. The van der Waals surface area contributed by atoms with E-state index >= 15 is 0 Å². The number of β-amino-alcohol motifs (C(OH)–C–C–N with tert-alkyl or cyclic N) is 1. The van der Waals surface area contributed by atoms with Gasteiger partial charge in [-0.25, -0.2) is 0 Å². The molecule has 0 radical (unpaired) electrons. The number of aliphatic hydroxyl groups excluding tert-OH is 3. The Bertz CT molecular complexity index is 419. The molecule has 0 bridgehead atoms. The van der Waals surface area contributed by atoms with Crippen molar-refractivity contribution in [2.75, 3.05) is 32.8 Å². The average molecular weight is 310 g/mol. The maximum Gasteiger partial charge on any atom is 0.0937 e. The van der Waals surface area contributed by atoms with Crippen molar-refractivity contribution in [1.82, 2.24) is 4.90 Å². The Morgan fingerprint density at radius 3 is 2.27 bits per heavy atom. The third kappa shape index (κ3) is 5.01. The highest BCUT2D eigenvalue weighted by molar-refractivity contribution is 5.16. The molecule has 1 aliphatic heterocycles. The van der Waals surface area contributed by atoms with Crippen LogP contribution >= 0.6 is 0 Å². The molecule has 0 saturated carbocycles. The summed E-state index contributed by atoms with van der Waals surface area (Å²) in [6, 6.07) is 9.48. The number of morpholine rings is 1. The lowest BCUT2D eigenvalue weighted by atomic mass is 10.0. The molecule has 1 heterocycles. The molecule has 0 aliphatic carbocycles. The molecule has 6 heteroatoms. The number of benzene rings is 1. The number of rotatable bonds is 7. The largest absolute Gasteiger partial charge is 0.394 e. The van der Waals surface area contributed by atoms with Crippen molar-refractivity contribution < 1.29 is 20.1 Å². The molecule has 0 aromatic heterocycles. The molecule has 1 aromatic carbocycles. The SMILES string of the molecule is N[C@@H](Cc1ccccc1)[C@@H](O)CN1C[C@@H](CO)O[C@@H](CO)C1. The van der Waals surface area contributed by atoms with E-state index in [2.05, 4.69) is 0 Å². The van der Waals surface area contributed by atoms with Crippen LogP contribution in [0.2, 0.25) is 0 Å². The molecule has 124 valence electrons. The molecule has 4 atom stereocenters. The predicted molar refractivity (Wildman–Crippen MR) is 83.4 cm³/mol. The quantitative estimate of drug-likeness (QED) is 0.514. The normalized spacial score (nSPS) is 25.8. The lowest BCUT2D eigenvalue weighted by Crippen LogP contribution is -2.54. The second-order valence-corrected chi connectivity index (χ2v) is 5.88. The van der Waals surface area contributed by atoms with Crippen LogP contribution in [0.15, 0.2) is 30.3 Å². The zero-order valence-electron chi connectivity index (χ0n) is 12.7. The molecule has 1 aliphatic rings. The Labute approximate surface area is 131 Å². The van der Waals surface area contributed by atoms with Gasteiger partial charge in [0.05, 0.1) is 31.5 Å². The highest BCUT2D eigenvalue weighted by Gasteiger charge is 2.29. The van der Waals surface area contributed by atoms with Crippen LogP contribution in [0, 0.1) is 0 Å². The molecule has 1 saturated heterocycles. The molecule has 0 spiro atoms. The maximum atomic E-state index is 10.3. The van der Waals surface area contributed by atoms with Gasteiger partial charge in [0.1, 0.15) is 0 Å². The van der Waals surface area contributed by atoms with Gasteiger partial charge in [-0.2, -0.15) is 0 Å². The Kier molecular flexibility index (Phi) is 6.75. The summed E-state index contributed by atoms with van der Waals surface area (Å²) < 4.78 is 5.50. The zero-order chi connectivity index (χ0) is 15.9. The fourth-order valence-corrected chi connectivity index (χ4v) is 2.78. The van der Waals surface area contributed by atoms with Crippen LogP contribution < -0.4 is 5.73 Å². The van der Waals surface area contributed by atoms with Crippen molar-refractivity contribution >= 4 is 0 Å². The minimum atomic E-state index is -0.669. The average Bonchev–Trinajstić information content (AvgIpc) is 2.55. The van der Waals surface area contributed by atoms with E-state index in [9.17, 15) is 15.3 Å². The van der Waals surface area contributed by atoms with Gasteiger partial charge in [-0.15, -0.1) is 0 Å². The fraction of sp³-hybridized carbons (Fsp3) is 0.625. The summed E-state index contributed by atoms with van der Waals surface area (Å²) in [5.41, 5.74) is 7.19. The summed E-state index contributed by atoms with van der Waals surface area (Å²) >= 11 is 0. The highest BCUT2D eigenvalue weighted by Crippen LogP contribution is 2.13. The summed E-state index contributed by atoms with van der Waals surface area (Å²) in [6.07, 6.45) is -0.719. The first kappa shape index (κ1) is 17.3. The first-order valence-electron chi connectivity index (χ1n) is 7.69. The fourth-order valence-electron chi connectivity index (χ4n) is 2.78. The van der Waals surface area contributed by atoms with Crippen molar-refractivity contribution in [3.8, 4) is 0 Å². The van der Waals surface area contributed by atoms with Crippen LogP contribution in [0.5, 0.6) is 0 Å². The maximum absolute atomic E-state index is 10.3. The summed E-state index contributed by atoms with van der Waals surface area (Å²) in [5, 5.41) is 28.8. The lowest BCUT2D eigenvalue weighted by molar-refractivity contribution is -0.123. The minimum absolute atomic E-state index is 0.0981. The molecular weight excluding hydrogens is 284 g/mol. The summed E-state index contributed by atoms with van der Waals surface area (Å²) in [4.78, 5) is 1.99. The molecule has 1 fully saturated rings. The van der Waals surface area contributed by atoms with Crippen molar-refractivity contribution in [3.63, 3.8) is 0 Å². The molecule has 22 heavy (non-hydrogen) atoms. The van der Waals surface area contributed by atoms with Crippen LogP contribution in [-0.4, -0.2) is 77.4 Å². The van der Waals surface area contributed by atoms with Crippen molar-refractivity contribution in [2.24, 2.45) is 5.73 Å². The van der Waals surface area contributed by atoms with Crippen LogP contribution in [0.4, 0.5) is 0 Å². The van der Waals surface area contributed by atoms with Crippen LogP contribution in [0.3, 0.4) is 0 Å². The van der Waals surface area contributed by atoms with Crippen LogP contribution in [0.1, 0.15) is 5.56 Å². The van der Waals surface area contributed by atoms with E-state index in [0.717, 1.165) is 5.56 Å². The minimum Gasteiger partial charge on any atom is -0.394 e. The number of hydrogen-bond acceptors (Lipinski definition) is 6. The highest BCUT2D eigenvalue weighted by atomic mass is 16.5. The number of nitrogens with zero attached hydrogens (tertiary/aromatic N) is 1. The number of hydrogen-bond donors (Lipinski definition) is 4. The lowest BCUT2D eigenvalue weighted by Gasteiger charge is -2.38. The third-order valence-electron chi connectivity index (χ3n) is 3.97. The second kappa shape index (κ2) is 8.57. The molecule has 5 N–H and O–H groups in total. The van der Waals surface area contributed by atoms with E-state index in [1.165, 1.54) is 0 Å². The van der Waals surface area contributed by atoms with Gasteiger partial charge in [-0.05, 0) is 12.0 Å².